The van der Waals surface area contributed by atoms with Gasteiger partial charge in [-0.15, -0.1) is 0 Å². The molecule has 158 valence electrons. The van der Waals surface area contributed by atoms with Gasteiger partial charge in [0, 0.05) is 16.5 Å². The molecule has 3 atom stereocenters. The molecule has 1 amide bonds. The van der Waals surface area contributed by atoms with E-state index in [4.69, 9.17) is 16.3 Å². The predicted octanol–water partition coefficient (Wildman–Crippen LogP) is 6.72. The van der Waals surface area contributed by atoms with E-state index in [0.717, 1.165) is 32.9 Å². The smallest absolute Gasteiger partial charge is 0.244 e. The molecule has 0 saturated heterocycles. The average Bonchev–Trinajstić information content (AvgIpc) is 3.34. The van der Waals surface area contributed by atoms with Gasteiger partial charge in [0.2, 0.25) is 5.91 Å². The summed E-state index contributed by atoms with van der Waals surface area (Å²) in [6.45, 7) is 2.60. The molecule has 30 heavy (non-hydrogen) atoms. The molecule has 2 saturated carbocycles. The van der Waals surface area contributed by atoms with Gasteiger partial charge in [-0.2, -0.15) is 5.10 Å². The number of hydrogen-bond donors (Lipinski definition) is 1. The summed E-state index contributed by atoms with van der Waals surface area (Å²) >= 11 is 13.3. The Morgan fingerprint density at radius 1 is 1.30 bits per heavy atom. The minimum absolute atomic E-state index is 0.0403. The minimum atomic E-state index is 0.0403. The van der Waals surface area contributed by atoms with Gasteiger partial charge in [0.05, 0.1) is 15.2 Å². The van der Waals surface area contributed by atoms with Crippen molar-refractivity contribution in [1.29, 1.82) is 0 Å². The van der Waals surface area contributed by atoms with Crippen LogP contribution in [0.15, 0.2) is 50.4 Å². The molecule has 4 nitrogen and oxygen atoms in total. The first-order valence-electron chi connectivity index (χ1n) is 10.1. The lowest BCUT2D eigenvalue weighted by Gasteiger charge is -2.15. The van der Waals surface area contributed by atoms with Crippen LogP contribution >= 0.6 is 43.5 Å². The van der Waals surface area contributed by atoms with Crippen molar-refractivity contribution in [2.45, 2.75) is 39.2 Å². The summed E-state index contributed by atoms with van der Waals surface area (Å²) in [6.07, 6.45) is 6.43. The van der Waals surface area contributed by atoms with Crippen molar-refractivity contribution in [1.82, 2.24) is 5.43 Å². The van der Waals surface area contributed by atoms with Crippen LogP contribution in [0.1, 0.15) is 43.7 Å². The Morgan fingerprint density at radius 2 is 2.03 bits per heavy atom. The molecule has 1 N–H and O–H groups in total. The van der Waals surface area contributed by atoms with Crippen LogP contribution < -0.4 is 10.2 Å². The molecule has 2 aromatic carbocycles. The minimum Gasteiger partial charge on any atom is -0.486 e. The molecule has 7 heteroatoms. The molecule has 4 rings (SSSR count). The Bertz CT molecular complexity index is 974. The van der Waals surface area contributed by atoms with E-state index >= 15 is 0 Å². The summed E-state index contributed by atoms with van der Waals surface area (Å²) in [7, 11) is 0. The Hall–Kier alpha value is -1.37. The van der Waals surface area contributed by atoms with Crippen molar-refractivity contribution in [2.75, 3.05) is 0 Å². The third-order valence-electron chi connectivity index (χ3n) is 6.35. The van der Waals surface area contributed by atoms with E-state index in [-0.39, 0.29) is 17.2 Å². The topological polar surface area (TPSA) is 50.7 Å². The van der Waals surface area contributed by atoms with E-state index in [2.05, 4.69) is 49.3 Å². The summed E-state index contributed by atoms with van der Waals surface area (Å²) in [5.74, 6) is 1.36. The zero-order valence-corrected chi connectivity index (χ0v) is 20.6. The van der Waals surface area contributed by atoms with Gasteiger partial charge in [-0.3, -0.25) is 4.79 Å². The highest BCUT2D eigenvalue weighted by molar-refractivity contribution is 9.11. The van der Waals surface area contributed by atoms with Crippen LogP contribution in [0.3, 0.4) is 0 Å². The molecule has 2 fully saturated rings. The monoisotopic (exact) mass is 552 g/mol. The Morgan fingerprint density at radius 3 is 2.70 bits per heavy atom. The molecular weight excluding hydrogens is 532 g/mol. The maximum absolute atomic E-state index is 12.5. The SMILES string of the molecule is CC12CCCCC1C2C(=O)N/N=C/c1cc(Br)c(OCc2ccccc2Cl)c(Br)c1. The fourth-order valence-corrected chi connectivity index (χ4v) is 6.29. The molecule has 0 aliphatic heterocycles. The summed E-state index contributed by atoms with van der Waals surface area (Å²) < 4.78 is 7.52. The number of halogens is 3. The zero-order valence-electron chi connectivity index (χ0n) is 16.6. The maximum Gasteiger partial charge on any atom is 0.244 e. The number of amides is 1. The normalized spacial score (nSPS) is 25.1. The molecular formula is C23H23Br2ClN2O2. The number of hydrazone groups is 1. The van der Waals surface area contributed by atoms with Crippen LogP contribution in [-0.2, 0) is 11.4 Å². The molecule has 2 aromatic rings. The summed E-state index contributed by atoms with van der Waals surface area (Å²) in [4.78, 5) is 12.5. The zero-order chi connectivity index (χ0) is 21.3. The predicted molar refractivity (Wildman–Crippen MR) is 127 cm³/mol. The van der Waals surface area contributed by atoms with E-state index < -0.39 is 0 Å². The van der Waals surface area contributed by atoms with Crippen molar-refractivity contribution < 1.29 is 9.53 Å². The Labute approximate surface area is 198 Å². The van der Waals surface area contributed by atoms with E-state index in [9.17, 15) is 4.79 Å². The lowest BCUT2D eigenvalue weighted by molar-refractivity contribution is -0.123. The largest absolute Gasteiger partial charge is 0.486 e. The standard InChI is InChI=1S/C23H23Br2ClN2O2/c1-23-9-5-4-7-16(23)20(23)22(29)28-27-12-14-10-17(24)21(18(25)11-14)30-13-15-6-2-3-8-19(15)26/h2-3,6,8,10-12,16,20H,4-5,7,9,13H2,1H3,(H,28,29)/b27-12+. The molecule has 3 unspecified atom stereocenters. The first-order valence-corrected chi connectivity index (χ1v) is 12.0. The first kappa shape index (κ1) is 21.8. The Balaban J connectivity index is 1.37. The number of nitrogens with one attached hydrogen (secondary N) is 1. The average molecular weight is 555 g/mol. The molecule has 2 aliphatic rings. The van der Waals surface area contributed by atoms with Crippen molar-refractivity contribution in [3.63, 3.8) is 0 Å². The molecule has 0 aromatic heterocycles. The van der Waals surface area contributed by atoms with Gasteiger partial charge in [-0.1, -0.05) is 49.6 Å². The lowest BCUT2D eigenvalue weighted by atomic mass is 9.90. The number of nitrogens with zero attached hydrogens (tertiary/aromatic N) is 1. The highest BCUT2D eigenvalue weighted by atomic mass is 79.9. The van der Waals surface area contributed by atoms with Gasteiger partial charge in [0.25, 0.3) is 0 Å². The van der Waals surface area contributed by atoms with E-state index in [1.807, 2.05) is 36.4 Å². The summed E-state index contributed by atoms with van der Waals surface area (Å²) in [5.41, 5.74) is 4.68. The van der Waals surface area contributed by atoms with Crippen LogP contribution in [0, 0.1) is 17.3 Å². The highest BCUT2D eigenvalue weighted by Crippen LogP contribution is 2.66. The second-order valence-electron chi connectivity index (χ2n) is 8.26. The van der Waals surface area contributed by atoms with Crippen LogP contribution in [0.25, 0.3) is 0 Å². The van der Waals surface area contributed by atoms with Gasteiger partial charge < -0.3 is 4.74 Å². The fourth-order valence-electron chi connectivity index (χ4n) is 4.65. The number of benzene rings is 2. The van der Waals surface area contributed by atoms with Crippen molar-refractivity contribution >= 4 is 55.6 Å². The number of fused-ring (bicyclic) bond motifs is 1. The third-order valence-corrected chi connectivity index (χ3v) is 7.90. The van der Waals surface area contributed by atoms with Crippen LogP contribution in [0.5, 0.6) is 5.75 Å². The number of hydrogen-bond acceptors (Lipinski definition) is 3. The van der Waals surface area contributed by atoms with Gasteiger partial charge in [-0.25, -0.2) is 5.43 Å². The van der Waals surface area contributed by atoms with E-state index in [1.54, 1.807) is 6.21 Å². The van der Waals surface area contributed by atoms with Crippen molar-refractivity contribution in [2.24, 2.45) is 22.4 Å². The Kier molecular flexibility index (Phi) is 6.56. The number of carbonyl (C=O) groups is 1. The van der Waals surface area contributed by atoms with Crippen LogP contribution in [-0.4, -0.2) is 12.1 Å². The number of ether oxygens (including phenoxy) is 1. The molecule has 0 heterocycles. The molecule has 2 aliphatic carbocycles. The first-order chi connectivity index (χ1) is 14.4. The van der Waals surface area contributed by atoms with Gasteiger partial charge in [0.1, 0.15) is 12.4 Å². The van der Waals surface area contributed by atoms with Gasteiger partial charge in [-0.05, 0) is 79.8 Å². The van der Waals surface area contributed by atoms with Crippen molar-refractivity contribution in [3.05, 3.63) is 61.5 Å². The summed E-state index contributed by atoms with van der Waals surface area (Å²) in [5, 5.41) is 4.86. The second kappa shape index (κ2) is 9.01. The highest BCUT2D eigenvalue weighted by Gasteiger charge is 2.64. The maximum atomic E-state index is 12.5. The second-order valence-corrected chi connectivity index (χ2v) is 10.4. The molecule has 0 radical (unpaired) electrons. The molecule has 0 spiro atoms. The summed E-state index contributed by atoms with van der Waals surface area (Å²) in [6, 6.07) is 11.4. The van der Waals surface area contributed by atoms with Crippen molar-refractivity contribution in [3.8, 4) is 5.75 Å². The number of rotatable bonds is 6. The van der Waals surface area contributed by atoms with Crippen LogP contribution in [0.2, 0.25) is 5.02 Å². The van der Waals surface area contributed by atoms with E-state index in [0.29, 0.717) is 23.3 Å². The van der Waals surface area contributed by atoms with Gasteiger partial charge >= 0.3 is 0 Å². The van der Waals surface area contributed by atoms with E-state index in [1.165, 1.54) is 12.8 Å². The fraction of sp³-hybridized carbons (Fsp3) is 0.391. The quantitative estimate of drug-likeness (QED) is 0.318. The lowest BCUT2D eigenvalue weighted by Crippen LogP contribution is -2.22. The number of carbonyl (C=O) groups excluding carboxylic acids is 1. The van der Waals surface area contributed by atoms with Gasteiger partial charge in [0.15, 0.2) is 0 Å². The molecule has 0 bridgehead atoms. The van der Waals surface area contributed by atoms with Crippen LogP contribution in [0.4, 0.5) is 0 Å². The third kappa shape index (κ3) is 4.46.